The molecule has 1 N–H and O–H groups in total. The number of aromatic nitrogens is 6. The minimum absolute atomic E-state index is 0.228. The van der Waals surface area contributed by atoms with E-state index in [9.17, 15) is 4.79 Å². The van der Waals surface area contributed by atoms with Crippen molar-refractivity contribution in [1.82, 2.24) is 35.7 Å². The van der Waals surface area contributed by atoms with Crippen LogP contribution in [0.5, 0.6) is 0 Å². The van der Waals surface area contributed by atoms with Gasteiger partial charge in [-0.2, -0.15) is 0 Å². The molecular formula is C15H15N7OS2. The van der Waals surface area contributed by atoms with Crippen LogP contribution in [-0.4, -0.2) is 36.3 Å². The van der Waals surface area contributed by atoms with E-state index in [2.05, 4.69) is 37.6 Å². The van der Waals surface area contributed by atoms with Gasteiger partial charge in [-0.05, 0) is 16.0 Å². The number of benzene rings is 1. The third-order valence-electron chi connectivity index (χ3n) is 3.08. The van der Waals surface area contributed by atoms with Gasteiger partial charge in [-0.3, -0.25) is 4.79 Å². The molecule has 10 heteroatoms. The molecule has 3 aromatic rings. The third kappa shape index (κ3) is 4.70. The maximum atomic E-state index is 12.1. The van der Waals surface area contributed by atoms with Gasteiger partial charge in [0, 0.05) is 6.54 Å². The van der Waals surface area contributed by atoms with Gasteiger partial charge in [0.05, 0.1) is 12.3 Å². The smallest absolute Gasteiger partial charge is 0.282 e. The quantitative estimate of drug-likeness (QED) is 0.476. The fourth-order valence-electron chi connectivity index (χ4n) is 1.92. The van der Waals surface area contributed by atoms with Crippen molar-refractivity contribution >= 4 is 29.0 Å². The van der Waals surface area contributed by atoms with Gasteiger partial charge in [-0.25, -0.2) is 4.68 Å². The number of amides is 1. The minimum atomic E-state index is -0.228. The van der Waals surface area contributed by atoms with Crippen LogP contribution in [-0.2, 0) is 18.8 Å². The van der Waals surface area contributed by atoms with E-state index in [1.54, 1.807) is 10.8 Å². The lowest BCUT2D eigenvalue weighted by Crippen LogP contribution is -2.22. The molecule has 0 aliphatic heterocycles. The highest BCUT2D eigenvalue weighted by molar-refractivity contribution is 7.98. The first kappa shape index (κ1) is 17.2. The monoisotopic (exact) mass is 373 g/mol. The summed E-state index contributed by atoms with van der Waals surface area (Å²) in [6.07, 6.45) is 1.72. The average molecular weight is 373 g/mol. The van der Waals surface area contributed by atoms with Crippen LogP contribution >= 0.6 is 23.1 Å². The number of nitrogens with one attached hydrogen (secondary N) is 1. The molecule has 2 heterocycles. The number of allylic oxidation sites excluding steroid dienone is 1. The lowest BCUT2D eigenvalue weighted by atomic mass is 10.2. The van der Waals surface area contributed by atoms with E-state index in [-0.39, 0.29) is 5.91 Å². The maximum absolute atomic E-state index is 12.1. The summed E-state index contributed by atoms with van der Waals surface area (Å²) < 4.78 is 1.65. The Labute approximate surface area is 152 Å². The van der Waals surface area contributed by atoms with E-state index >= 15 is 0 Å². The van der Waals surface area contributed by atoms with Gasteiger partial charge >= 0.3 is 0 Å². The number of carbonyl (C=O) groups excluding carboxylic acids is 1. The molecule has 0 unspecified atom stereocenters. The molecule has 0 bridgehead atoms. The van der Waals surface area contributed by atoms with Crippen molar-refractivity contribution in [3.63, 3.8) is 0 Å². The maximum Gasteiger partial charge on any atom is 0.282 e. The van der Waals surface area contributed by atoms with Gasteiger partial charge in [0.1, 0.15) is 5.01 Å². The molecule has 128 valence electrons. The van der Waals surface area contributed by atoms with Crippen LogP contribution < -0.4 is 5.32 Å². The molecule has 0 aliphatic rings. The summed E-state index contributed by atoms with van der Waals surface area (Å²) in [6, 6.07) is 9.71. The molecule has 0 saturated heterocycles. The Morgan fingerprint density at radius 1 is 1.28 bits per heavy atom. The second-order valence-corrected chi connectivity index (χ2v) is 6.89. The summed E-state index contributed by atoms with van der Waals surface area (Å²) in [5.74, 6) is 0.315. The van der Waals surface area contributed by atoms with Gasteiger partial charge in [0.15, 0.2) is 0 Å². The summed E-state index contributed by atoms with van der Waals surface area (Å²) in [5, 5.41) is 24.1. The SMILES string of the molecule is C=CCn1nnnc1SCc1nnc(C(=O)NCc2ccccc2)s1. The topological polar surface area (TPSA) is 98.5 Å². The molecule has 25 heavy (non-hydrogen) atoms. The lowest BCUT2D eigenvalue weighted by molar-refractivity contribution is 0.0950. The van der Waals surface area contributed by atoms with E-state index in [4.69, 9.17) is 0 Å². The Morgan fingerprint density at radius 3 is 2.92 bits per heavy atom. The summed E-state index contributed by atoms with van der Waals surface area (Å²) >= 11 is 2.70. The first-order chi connectivity index (χ1) is 12.3. The lowest BCUT2D eigenvalue weighted by Gasteiger charge is -2.02. The Kier molecular flexibility index (Phi) is 5.86. The first-order valence-corrected chi connectivity index (χ1v) is 9.21. The number of carbonyl (C=O) groups is 1. The zero-order valence-corrected chi connectivity index (χ0v) is 14.8. The fraction of sp³-hybridized carbons (Fsp3) is 0.200. The predicted molar refractivity (Wildman–Crippen MR) is 95.1 cm³/mol. The van der Waals surface area contributed by atoms with E-state index in [1.165, 1.54) is 23.1 Å². The summed E-state index contributed by atoms with van der Waals surface area (Å²) in [6.45, 7) is 4.66. The Hall–Kier alpha value is -2.59. The summed E-state index contributed by atoms with van der Waals surface area (Å²) in [7, 11) is 0. The van der Waals surface area contributed by atoms with Gasteiger partial charge in [-0.15, -0.1) is 21.9 Å². The molecule has 2 aromatic heterocycles. The number of hydrogen-bond donors (Lipinski definition) is 1. The fourth-order valence-corrected chi connectivity index (χ4v) is 3.55. The zero-order chi connectivity index (χ0) is 17.5. The van der Waals surface area contributed by atoms with E-state index in [1.807, 2.05) is 30.3 Å². The number of rotatable bonds is 8. The highest BCUT2D eigenvalue weighted by Crippen LogP contribution is 2.22. The first-order valence-electron chi connectivity index (χ1n) is 7.40. The van der Waals surface area contributed by atoms with E-state index in [0.717, 1.165) is 10.6 Å². The molecule has 0 spiro atoms. The van der Waals surface area contributed by atoms with Crippen LogP contribution in [0.1, 0.15) is 20.4 Å². The van der Waals surface area contributed by atoms with Crippen molar-refractivity contribution in [3.8, 4) is 0 Å². The highest BCUT2D eigenvalue weighted by Gasteiger charge is 2.14. The van der Waals surface area contributed by atoms with Crippen molar-refractivity contribution in [2.75, 3.05) is 0 Å². The van der Waals surface area contributed by atoms with Crippen LogP contribution in [0.3, 0.4) is 0 Å². The van der Waals surface area contributed by atoms with Crippen LogP contribution in [0.4, 0.5) is 0 Å². The van der Waals surface area contributed by atoms with E-state index < -0.39 is 0 Å². The van der Waals surface area contributed by atoms with Gasteiger partial charge in [0.2, 0.25) is 10.2 Å². The Bertz CT molecular complexity index is 846. The Balaban J connectivity index is 1.54. The standard InChI is InChI=1S/C15H15N7OS2/c1-2-8-22-15(19-20-21-22)24-10-12-17-18-14(25-12)13(23)16-9-11-6-4-3-5-7-11/h2-7H,1,8-10H2,(H,16,23). The summed E-state index contributed by atoms with van der Waals surface area (Å²) in [5.41, 5.74) is 1.03. The molecule has 0 aliphatic carbocycles. The normalized spacial score (nSPS) is 10.6. The van der Waals surface area contributed by atoms with Gasteiger partial charge in [-0.1, -0.05) is 59.5 Å². The molecule has 8 nitrogen and oxygen atoms in total. The van der Waals surface area contributed by atoms with Crippen molar-refractivity contribution in [1.29, 1.82) is 0 Å². The molecule has 1 amide bonds. The van der Waals surface area contributed by atoms with Crippen LogP contribution in [0, 0.1) is 0 Å². The van der Waals surface area contributed by atoms with Crippen LogP contribution in [0.2, 0.25) is 0 Å². The second-order valence-electron chi connectivity index (χ2n) is 4.89. The van der Waals surface area contributed by atoms with Crippen molar-refractivity contribution in [2.45, 2.75) is 24.0 Å². The zero-order valence-electron chi connectivity index (χ0n) is 13.2. The number of tetrazole rings is 1. The predicted octanol–water partition coefficient (Wildman–Crippen LogP) is 1.93. The molecule has 3 rings (SSSR count). The molecule has 0 fully saturated rings. The van der Waals surface area contributed by atoms with Gasteiger partial charge in [0.25, 0.3) is 5.91 Å². The van der Waals surface area contributed by atoms with Crippen LogP contribution in [0.25, 0.3) is 0 Å². The number of thioether (sulfide) groups is 1. The third-order valence-corrected chi connectivity index (χ3v) is 5.16. The van der Waals surface area contributed by atoms with Crippen LogP contribution in [0.15, 0.2) is 48.1 Å². The van der Waals surface area contributed by atoms with E-state index in [0.29, 0.717) is 29.0 Å². The number of nitrogens with zero attached hydrogens (tertiary/aromatic N) is 6. The largest absolute Gasteiger partial charge is 0.346 e. The molecule has 0 radical (unpaired) electrons. The molecular weight excluding hydrogens is 358 g/mol. The summed E-state index contributed by atoms with van der Waals surface area (Å²) in [4.78, 5) is 12.1. The minimum Gasteiger partial charge on any atom is -0.346 e. The molecule has 0 saturated carbocycles. The average Bonchev–Trinajstić information content (AvgIpc) is 3.28. The van der Waals surface area contributed by atoms with Crippen molar-refractivity contribution in [2.24, 2.45) is 0 Å². The number of hydrogen-bond acceptors (Lipinski definition) is 8. The Morgan fingerprint density at radius 2 is 2.12 bits per heavy atom. The van der Waals surface area contributed by atoms with Gasteiger partial charge < -0.3 is 5.32 Å². The second kappa shape index (κ2) is 8.49. The van der Waals surface area contributed by atoms with Crippen molar-refractivity contribution in [3.05, 3.63) is 58.6 Å². The molecule has 0 atom stereocenters. The van der Waals surface area contributed by atoms with Crippen molar-refractivity contribution < 1.29 is 4.79 Å². The molecule has 1 aromatic carbocycles. The highest BCUT2D eigenvalue weighted by atomic mass is 32.2.